The molecular formula is O9PbS2Zr. The first-order valence-corrected chi connectivity index (χ1v) is 5.21. The molecule has 0 bridgehead atoms. The summed E-state index contributed by atoms with van der Waals surface area (Å²) in [5, 5.41) is 0. The molecule has 0 aromatic heterocycles. The third kappa shape index (κ3) is 949. The molecule has 13 heteroatoms. The van der Waals surface area contributed by atoms with Crippen molar-refractivity contribution in [1.82, 2.24) is 0 Å². The van der Waals surface area contributed by atoms with Crippen molar-refractivity contribution in [2.45, 2.75) is 0 Å². The van der Waals surface area contributed by atoms with Crippen molar-refractivity contribution in [1.29, 1.82) is 0 Å². The topological polar surface area (TPSA) is 178 Å². The van der Waals surface area contributed by atoms with Crippen molar-refractivity contribution in [3.05, 3.63) is 0 Å². The third-order valence-corrected chi connectivity index (χ3v) is 0. The number of hydrogen-bond donors (Lipinski definition) is 0. The number of rotatable bonds is 0. The zero-order valence-electron chi connectivity index (χ0n) is 5.49. The molecule has 0 atom stereocenters. The molecule has 0 unspecified atom stereocenters. The van der Waals surface area contributed by atoms with Gasteiger partial charge in [-0.1, -0.05) is 0 Å². The molecule has 0 amide bonds. The van der Waals surface area contributed by atoms with Gasteiger partial charge in [-0.3, -0.25) is 16.8 Å². The van der Waals surface area contributed by atoms with E-state index in [1.807, 2.05) is 0 Å². The monoisotopic (exact) mass is 506 g/mol. The predicted molar refractivity (Wildman–Crippen MR) is 27.4 cm³/mol. The molecule has 0 aliphatic heterocycles. The molecule has 74 valence electrons. The van der Waals surface area contributed by atoms with Gasteiger partial charge < -0.3 is 18.2 Å². The summed E-state index contributed by atoms with van der Waals surface area (Å²) < 4.78 is 76.5. The SMILES string of the molecule is O=S(=O)([O-])[O-].O=S(=O)([O-])[O-].[O]=[Zr+2].[Pb+2]. The minimum absolute atomic E-state index is 0. The molecule has 0 saturated heterocycles. The zero-order chi connectivity index (χ0) is 11.0. The molecule has 9 nitrogen and oxygen atoms in total. The van der Waals surface area contributed by atoms with Crippen molar-refractivity contribution in [3.8, 4) is 0 Å². The van der Waals surface area contributed by atoms with Gasteiger partial charge in [-0.25, -0.2) is 0 Å². The summed E-state index contributed by atoms with van der Waals surface area (Å²) in [6, 6.07) is 0. The molecule has 0 aliphatic carbocycles. The fraction of sp³-hybridized carbons (Fsp3) is 0. The molecule has 0 aliphatic rings. The van der Waals surface area contributed by atoms with Crippen molar-refractivity contribution < 1.29 is 62.6 Å². The van der Waals surface area contributed by atoms with E-state index in [0.29, 0.717) is 24.7 Å². The molecule has 0 N–H and O–H groups in total. The summed E-state index contributed by atoms with van der Waals surface area (Å²) in [6.07, 6.45) is 0. The standard InChI is InChI=1S/2H2O4S.O.Pb.Zr/c2*1-5(2,3)4;;;/h2*(H2,1,2,3,4);;;/q;;;2*+2/p-4. The van der Waals surface area contributed by atoms with Crippen LogP contribution in [0.2, 0.25) is 0 Å². The van der Waals surface area contributed by atoms with Crippen LogP contribution in [0.25, 0.3) is 0 Å². The van der Waals surface area contributed by atoms with Gasteiger partial charge in [0.25, 0.3) is 0 Å². The van der Waals surface area contributed by atoms with Gasteiger partial charge in [0.15, 0.2) is 0 Å². The van der Waals surface area contributed by atoms with Crippen LogP contribution < -0.4 is 0 Å². The summed E-state index contributed by atoms with van der Waals surface area (Å²) in [7, 11) is -10.3. The molecule has 2 radical (unpaired) electrons. The summed E-state index contributed by atoms with van der Waals surface area (Å²) in [5.74, 6) is 0. The van der Waals surface area contributed by atoms with Crippen LogP contribution >= 0.6 is 0 Å². The van der Waals surface area contributed by atoms with Crippen molar-refractivity contribution >= 4 is 48.1 Å². The van der Waals surface area contributed by atoms with Gasteiger partial charge in [-0.2, -0.15) is 0 Å². The van der Waals surface area contributed by atoms with Gasteiger partial charge >= 0.3 is 54.8 Å². The van der Waals surface area contributed by atoms with Crippen LogP contribution in [0.4, 0.5) is 0 Å². The Labute approximate surface area is 110 Å². The summed E-state index contributed by atoms with van der Waals surface area (Å²) in [5.41, 5.74) is 0. The number of hydrogen-bond acceptors (Lipinski definition) is 9. The van der Waals surface area contributed by atoms with E-state index in [-0.39, 0.29) is 27.3 Å². The van der Waals surface area contributed by atoms with Gasteiger partial charge in [0.2, 0.25) is 0 Å². The second kappa shape index (κ2) is 11.4. The average Bonchev–Trinajstić information content (AvgIpc) is 1.59. The largest absolute Gasteiger partial charge is 2.00 e. The van der Waals surface area contributed by atoms with Crippen molar-refractivity contribution in [2.75, 3.05) is 0 Å². The van der Waals surface area contributed by atoms with Crippen molar-refractivity contribution in [3.63, 3.8) is 0 Å². The predicted octanol–water partition coefficient (Wildman–Crippen LogP) is -3.18. The van der Waals surface area contributed by atoms with Gasteiger partial charge in [-0.05, 0) is 0 Å². The van der Waals surface area contributed by atoms with E-state index >= 15 is 0 Å². The molecule has 0 aromatic rings. The average molecular weight is 507 g/mol. The maximum absolute atomic E-state index is 8.52. The molecule has 0 aromatic carbocycles. The quantitative estimate of drug-likeness (QED) is 0.186. The molecule has 0 fully saturated rings. The van der Waals surface area contributed by atoms with E-state index in [9.17, 15) is 0 Å². The maximum atomic E-state index is 8.52. The second-order valence-electron chi connectivity index (χ2n) is 0.816. The zero-order valence-corrected chi connectivity index (χ0v) is 13.5. The Morgan fingerprint density at radius 2 is 0.692 bits per heavy atom. The van der Waals surface area contributed by atoms with Crippen LogP contribution in [0.15, 0.2) is 0 Å². The van der Waals surface area contributed by atoms with Crippen LogP contribution in [0, 0.1) is 0 Å². The molecule has 0 saturated carbocycles. The van der Waals surface area contributed by atoms with Gasteiger partial charge in [-0.15, -0.1) is 0 Å². The Morgan fingerprint density at radius 1 is 0.692 bits per heavy atom. The van der Waals surface area contributed by atoms with E-state index < -0.39 is 20.8 Å². The van der Waals surface area contributed by atoms with Crippen LogP contribution in [0.5, 0.6) is 0 Å². The molecular weight excluding hydrogens is 507 g/mol. The van der Waals surface area contributed by atoms with Crippen LogP contribution in [-0.2, 0) is 48.3 Å². The molecule has 0 spiro atoms. The molecule has 0 rings (SSSR count). The van der Waals surface area contributed by atoms with Crippen LogP contribution in [0.3, 0.4) is 0 Å². The van der Waals surface area contributed by atoms with Gasteiger partial charge in [0.1, 0.15) is 0 Å². The maximum Gasteiger partial charge on any atom is 2.00 e. The first-order chi connectivity index (χ1) is 5.00. The van der Waals surface area contributed by atoms with Crippen LogP contribution in [-0.4, -0.2) is 62.3 Å². The minimum Gasteiger partial charge on any atom is 2.00 e. The first kappa shape index (κ1) is 23.9. The van der Waals surface area contributed by atoms with E-state index in [2.05, 4.69) is 0 Å². The Balaban J connectivity index is -0.0000000491. The normalized spacial score (nSPS) is 9.38. The smallest absolute Gasteiger partial charge is 2.00 e. The Bertz CT molecular complexity index is 227. The first-order valence-electron chi connectivity index (χ1n) is 1.54. The summed E-state index contributed by atoms with van der Waals surface area (Å²) in [6.45, 7) is 0. The fourth-order valence-corrected chi connectivity index (χ4v) is 0. The Morgan fingerprint density at radius 3 is 0.692 bits per heavy atom. The van der Waals surface area contributed by atoms with Gasteiger partial charge in [0.05, 0.1) is 0 Å². The summed E-state index contributed by atoms with van der Waals surface area (Å²) in [4.78, 5) is 0. The Kier molecular flexibility index (Phi) is 21.0. The van der Waals surface area contributed by atoms with E-state index in [4.69, 9.17) is 37.9 Å². The Hall–Kier alpha value is 1.35. The van der Waals surface area contributed by atoms with Gasteiger partial charge in [0, 0.05) is 20.8 Å². The van der Waals surface area contributed by atoms with Crippen LogP contribution in [0.1, 0.15) is 0 Å². The second-order valence-corrected chi connectivity index (χ2v) is 2.45. The fourth-order valence-electron chi connectivity index (χ4n) is 0. The molecule has 13 heavy (non-hydrogen) atoms. The molecule has 0 heterocycles. The van der Waals surface area contributed by atoms with E-state index in [1.165, 1.54) is 0 Å². The minimum atomic E-state index is -5.17. The third-order valence-electron chi connectivity index (χ3n) is 0. The summed E-state index contributed by atoms with van der Waals surface area (Å²) >= 11 is 0.300. The van der Waals surface area contributed by atoms with E-state index in [0.717, 1.165) is 0 Å². The van der Waals surface area contributed by atoms with Crippen molar-refractivity contribution in [2.24, 2.45) is 0 Å². The van der Waals surface area contributed by atoms with E-state index in [1.54, 1.807) is 0 Å².